The molecule has 3 aliphatic rings. The fourth-order valence-corrected chi connectivity index (χ4v) is 5.18. The molecule has 6 nitrogen and oxygen atoms in total. The average Bonchev–Trinajstić information content (AvgIpc) is 3.31. The topological polar surface area (TPSA) is 61.9 Å². The van der Waals surface area contributed by atoms with Gasteiger partial charge in [-0.2, -0.15) is 0 Å². The minimum atomic E-state index is -3.13. The van der Waals surface area contributed by atoms with Crippen LogP contribution in [0.4, 0.5) is 0 Å². The fourth-order valence-electron chi connectivity index (χ4n) is 4.30. The van der Waals surface area contributed by atoms with Gasteiger partial charge in [-0.1, -0.05) is 0 Å². The first kappa shape index (κ1) is 24.4. The number of likely N-dealkylation sites (tertiary alicyclic amines) is 1. The molecule has 0 amide bonds. The zero-order chi connectivity index (χ0) is 17.4. The van der Waals surface area contributed by atoms with E-state index in [0.29, 0.717) is 11.8 Å². The van der Waals surface area contributed by atoms with Crippen molar-refractivity contribution in [1.29, 1.82) is 0 Å². The van der Waals surface area contributed by atoms with Gasteiger partial charge in [0.25, 0.3) is 0 Å². The van der Waals surface area contributed by atoms with Gasteiger partial charge < -0.3 is 4.74 Å². The third-order valence-corrected chi connectivity index (χ3v) is 7.28. The molecule has 3 fully saturated rings. The average molecular weight is 432 g/mol. The summed E-state index contributed by atoms with van der Waals surface area (Å²) in [5.41, 5.74) is 0.0937. The number of nitrogens with one attached hydrogen (secondary N) is 1. The number of sulfonamides is 1. The molecule has 0 aromatic carbocycles. The number of hydrogen-bond donors (Lipinski definition) is 1. The molecule has 1 N–H and O–H groups in total. The van der Waals surface area contributed by atoms with Crippen molar-refractivity contribution in [3.05, 3.63) is 0 Å². The summed E-state index contributed by atoms with van der Waals surface area (Å²) in [6.45, 7) is 12.8. The van der Waals surface area contributed by atoms with E-state index in [4.69, 9.17) is 4.74 Å². The first-order valence-corrected chi connectivity index (χ1v) is 11.0. The summed E-state index contributed by atoms with van der Waals surface area (Å²) < 4.78 is 32.5. The summed E-state index contributed by atoms with van der Waals surface area (Å²) in [5, 5.41) is 0. The molecule has 2 aliphatic heterocycles. The molecule has 2 saturated heterocycles. The minimum Gasteiger partial charge on any atom is -0.379 e. The Hall–Kier alpha value is 0.370. The third-order valence-electron chi connectivity index (χ3n) is 5.86. The van der Waals surface area contributed by atoms with Crippen LogP contribution in [0.15, 0.2) is 0 Å². The maximum Gasteiger partial charge on any atom is 0.211 e. The Morgan fingerprint density at radius 3 is 2.27 bits per heavy atom. The first-order chi connectivity index (χ1) is 11.3. The van der Waals surface area contributed by atoms with E-state index in [0.717, 1.165) is 45.9 Å². The van der Waals surface area contributed by atoms with Crippen LogP contribution in [0, 0.1) is 11.8 Å². The molecular formula is C17H35Cl2N3O3S. The highest BCUT2D eigenvalue weighted by Gasteiger charge is 2.45. The highest BCUT2D eigenvalue weighted by molar-refractivity contribution is 7.89. The van der Waals surface area contributed by atoms with Crippen LogP contribution >= 0.6 is 24.8 Å². The predicted octanol–water partition coefficient (Wildman–Crippen LogP) is 1.59. The smallest absolute Gasteiger partial charge is 0.211 e. The molecule has 0 spiro atoms. The normalized spacial score (nSPS) is 28.4. The van der Waals surface area contributed by atoms with Gasteiger partial charge in [-0.15, -0.1) is 24.8 Å². The second-order valence-electron chi connectivity index (χ2n) is 8.23. The lowest BCUT2D eigenvalue weighted by molar-refractivity contribution is -0.0200. The zero-order valence-corrected chi connectivity index (χ0v) is 18.6. The fraction of sp³-hybridized carbons (Fsp3) is 1.00. The van der Waals surface area contributed by atoms with Gasteiger partial charge in [0, 0.05) is 44.3 Å². The van der Waals surface area contributed by atoms with Crippen molar-refractivity contribution in [2.75, 3.05) is 51.7 Å². The van der Waals surface area contributed by atoms with Crippen molar-refractivity contribution >= 4 is 34.8 Å². The van der Waals surface area contributed by atoms with E-state index in [1.165, 1.54) is 12.8 Å². The molecule has 26 heavy (non-hydrogen) atoms. The Morgan fingerprint density at radius 1 is 1.12 bits per heavy atom. The molecule has 2 heterocycles. The second-order valence-corrected chi connectivity index (χ2v) is 10.3. The van der Waals surface area contributed by atoms with E-state index >= 15 is 0 Å². The molecule has 156 valence electrons. The first-order valence-electron chi connectivity index (χ1n) is 9.36. The molecule has 2 atom stereocenters. The predicted molar refractivity (Wildman–Crippen MR) is 110 cm³/mol. The Balaban J connectivity index is 0.00000169. The van der Waals surface area contributed by atoms with Crippen molar-refractivity contribution in [2.24, 2.45) is 11.8 Å². The molecule has 0 unspecified atom stereocenters. The van der Waals surface area contributed by atoms with Crippen LogP contribution in [0.25, 0.3) is 0 Å². The summed E-state index contributed by atoms with van der Waals surface area (Å²) in [6.07, 6.45) is 2.52. The van der Waals surface area contributed by atoms with E-state index in [1.807, 2.05) is 0 Å². The largest absolute Gasteiger partial charge is 0.379 e. The van der Waals surface area contributed by atoms with E-state index in [9.17, 15) is 8.42 Å². The number of hydrogen-bond acceptors (Lipinski definition) is 5. The molecule has 1 saturated carbocycles. The standard InChI is InChI=1S/C17H33N3O3S.2ClH/c1-4-24(21,22)18-16-12-19(11-15(16)14-5-6-14)13-17(2,3)20-7-9-23-10-8-20;;/h14-16,18H,4-13H2,1-3H3;2*1H/t15-,16+;;/m1../s1. The van der Waals surface area contributed by atoms with Gasteiger partial charge in [-0.3, -0.25) is 9.80 Å². The van der Waals surface area contributed by atoms with Crippen LogP contribution in [-0.2, 0) is 14.8 Å². The van der Waals surface area contributed by atoms with Crippen LogP contribution in [0.5, 0.6) is 0 Å². The number of halogens is 2. The third kappa shape index (κ3) is 6.19. The van der Waals surface area contributed by atoms with Crippen molar-refractivity contribution in [1.82, 2.24) is 14.5 Å². The van der Waals surface area contributed by atoms with Crippen LogP contribution in [0.3, 0.4) is 0 Å². The molecule has 9 heteroatoms. The van der Waals surface area contributed by atoms with Gasteiger partial charge >= 0.3 is 0 Å². The molecule has 1 aliphatic carbocycles. The van der Waals surface area contributed by atoms with Gasteiger partial charge in [0.15, 0.2) is 0 Å². The van der Waals surface area contributed by atoms with Crippen LogP contribution < -0.4 is 4.72 Å². The summed E-state index contributed by atoms with van der Waals surface area (Å²) in [6, 6.07) is 0.0861. The molecular weight excluding hydrogens is 397 g/mol. The minimum absolute atomic E-state index is 0. The van der Waals surface area contributed by atoms with Crippen molar-refractivity contribution in [3.8, 4) is 0 Å². The Morgan fingerprint density at radius 2 is 1.73 bits per heavy atom. The zero-order valence-electron chi connectivity index (χ0n) is 16.1. The lowest BCUT2D eigenvalue weighted by Crippen LogP contribution is -2.55. The van der Waals surface area contributed by atoms with Crippen molar-refractivity contribution in [2.45, 2.75) is 45.2 Å². The van der Waals surface area contributed by atoms with Gasteiger partial charge in [-0.05, 0) is 45.4 Å². The maximum atomic E-state index is 12.0. The maximum absolute atomic E-state index is 12.0. The quantitative estimate of drug-likeness (QED) is 0.662. The monoisotopic (exact) mass is 431 g/mol. The second kappa shape index (κ2) is 9.72. The van der Waals surface area contributed by atoms with Crippen LogP contribution in [0.2, 0.25) is 0 Å². The van der Waals surface area contributed by atoms with Crippen LogP contribution in [0.1, 0.15) is 33.6 Å². The summed E-state index contributed by atoms with van der Waals surface area (Å²) in [7, 11) is -3.13. The van der Waals surface area contributed by atoms with Gasteiger partial charge in [0.05, 0.1) is 19.0 Å². The summed E-state index contributed by atoms with van der Waals surface area (Å²) >= 11 is 0. The van der Waals surface area contributed by atoms with E-state index in [1.54, 1.807) is 6.92 Å². The van der Waals surface area contributed by atoms with Gasteiger partial charge in [0.2, 0.25) is 10.0 Å². The van der Waals surface area contributed by atoms with E-state index in [2.05, 4.69) is 28.4 Å². The van der Waals surface area contributed by atoms with Crippen LogP contribution in [-0.4, -0.2) is 81.5 Å². The Bertz CT molecular complexity index is 537. The highest BCUT2D eigenvalue weighted by atomic mass is 35.5. The molecule has 0 aromatic rings. The number of nitrogens with zero attached hydrogens (tertiary/aromatic N) is 2. The van der Waals surface area contributed by atoms with Crippen molar-refractivity contribution in [3.63, 3.8) is 0 Å². The highest BCUT2D eigenvalue weighted by Crippen LogP contribution is 2.42. The number of rotatable bonds is 7. The lowest BCUT2D eigenvalue weighted by Gasteiger charge is -2.43. The molecule has 3 rings (SSSR count). The summed E-state index contributed by atoms with van der Waals surface area (Å²) in [5.74, 6) is 1.36. The molecule has 0 radical (unpaired) electrons. The number of morpholine rings is 1. The van der Waals surface area contributed by atoms with Gasteiger partial charge in [0.1, 0.15) is 0 Å². The SMILES string of the molecule is CCS(=O)(=O)N[C@H]1CN(CC(C)(C)N2CCOCC2)C[C@@H]1C1CC1.Cl.Cl. The molecule has 0 aromatic heterocycles. The molecule has 0 bridgehead atoms. The number of ether oxygens (including phenoxy) is 1. The van der Waals surface area contributed by atoms with Crippen molar-refractivity contribution < 1.29 is 13.2 Å². The van der Waals surface area contributed by atoms with Gasteiger partial charge in [-0.25, -0.2) is 13.1 Å². The Kier molecular flexibility index (Phi) is 9.13. The summed E-state index contributed by atoms with van der Waals surface area (Å²) in [4.78, 5) is 4.98. The van der Waals surface area contributed by atoms with E-state index in [-0.39, 0.29) is 42.1 Å². The lowest BCUT2D eigenvalue weighted by atomic mass is 9.99. The Labute approximate surface area is 171 Å². The van der Waals surface area contributed by atoms with E-state index < -0.39 is 10.0 Å².